The predicted octanol–water partition coefficient (Wildman–Crippen LogP) is 5.37. The van der Waals surface area contributed by atoms with Gasteiger partial charge in [-0.25, -0.2) is 0 Å². The minimum absolute atomic E-state index is 0.0331. The summed E-state index contributed by atoms with van der Waals surface area (Å²) >= 11 is 0. The molecule has 0 radical (unpaired) electrons. The second kappa shape index (κ2) is 5.61. The van der Waals surface area contributed by atoms with Crippen molar-refractivity contribution >= 4 is 0 Å². The van der Waals surface area contributed by atoms with E-state index in [1.165, 1.54) is 12.1 Å². The van der Waals surface area contributed by atoms with E-state index in [0.717, 1.165) is 11.6 Å². The van der Waals surface area contributed by atoms with Crippen LogP contribution in [-0.2, 0) is 6.18 Å². The Bertz CT molecular complexity index is 694. The van der Waals surface area contributed by atoms with Crippen LogP contribution in [0, 0.1) is 11.3 Å². The van der Waals surface area contributed by atoms with Gasteiger partial charge in [-0.3, -0.25) is 0 Å². The molecule has 0 saturated heterocycles. The first-order valence-electron chi connectivity index (χ1n) is 6.55. The van der Waals surface area contributed by atoms with Gasteiger partial charge in [-0.2, -0.15) is 18.4 Å². The van der Waals surface area contributed by atoms with Crippen LogP contribution in [0.1, 0.15) is 36.5 Å². The molecule has 2 rings (SSSR count). The molecule has 0 heterocycles. The van der Waals surface area contributed by atoms with Gasteiger partial charge >= 0.3 is 6.18 Å². The maximum absolute atomic E-state index is 13.2. The second-order valence-corrected chi connectivity index (χ2v) is 5.12. The van der Waals surface area contributed by atoms with E-state index in [1.54, 1.807) is 18.2 Å². The monoisotopic (exact) mass is 289 g/mol. The van der Waals surface area contributed by atoms with Crippen molar-refractivity contribution in [3.05, 3.63) is 59.2 Å². The summed E-state index contributed by atoms with van der Waals surface area (Å²) in [6, 6.07) is 12.5. The first-order valence-corrected chi connectivity index (χ1v) is 6.55. The third kappa shape index (κ3) is 3.08. The zero-order valence-electron chi connectivity index (χ0n) is 11.7. The van der Waals surface area contributed by atoms with Gasteiger partial charge in [0, 0.05) is 5.56 Å². The van der Waals surface area contributed by atoms with E-state index in [1.807, 2.05) is 26.0 Å². The Hall–Kier alpha value is -2.28. The summed E-state index contributed by atoms with van der Waals surface area (Å²) < 4.78 is 39.6. The van der Waals surface area contributed by atoms with Gasteiger partial charge in [0.25, 0.3) is 0 Å². The number of halogens is 3. The molecule has 108 valence electrons. The van der Waals surface area contributed by atoms with E-state index in [4.69, 9.17) is 5.26 Å². The van der Waals surface area contributed by atoms with Crippen LogP contribution in [0.2, 0.25) is 0 Å². The Morgan fingerprint density at radius 3 is 2.29 bits per heavy atom. The zero-order chi connectivity index (χ0) is 15.6. The molecule has 0 bridgehead atoms. The Kier molecular flexibility index (Phi) is 4.04. The molecule has 21 heavy (non-hydrogen) atoms. The van der Waals surface area contributed by atoms with Gasteiger partial charge in [-0.1, -0.05) is 44.2 Å². The molecule has 0 amide bonds. The van der Waals surface area contributed by atoms with Crippen LogP contribution in [0.4, 0.5) is 13.2 Å². The van der Waals surface area contributed by atoms with Crippen LogP contribution in [0.15, 0.2) is 42.5 Å². The molecule has 1 nitrogen and oxygen atoms in total. The van der Waals surface area contributed by atoms with E-state index in [-0.39, 0.29) is 17.0 Å². The van der Waals surface area contributed by atoms with Crippen LogP contribution >= 0.6 is 0 Å². The van der Waals surface area contributed by atoms with Crippen LogP contribution < -0.4 is 0 Å². The quantitative estimate of drug-likeness (QED) is 0.729. The molecule has 0 aliphatic carbocycles. The fourth-order valence-electron chi connectivity index (χ4n) is 2.25. The summed E-state index contributed by atoms with van der Waals surface area (Å²) in [7, 11) is 0. The van der Waals surface area contributed by atoms with Gasteiger partial charge in [0.15, 0.2) is 0 Å². The first kappa shape index (κ1) is 15.1. The molecule has 0 N–H and O–H groups in total. The van der Waals surface area contributed by atoms with Crippen molar-refractivity contribution in [2.75, 3.05) is 0 Å². The lowest BCUT2D eigenvalue weighted by Gasteiger charge is -2.15. The minimum Gasteiger partial charge on any atom is -0.192 e. The normalized spacial score (nSPS) is 11.5. The van der Waals surface area contributed by atoms with E-state index in [2.05, 4.69) is 0 Å². The Morgan fingerprint density at radius 2 is 1.71 bits per heavy atom. The van der Waals surface area contributed by atoms with Gasteiger partial charge in [0.05, 0.1) is 17.2 Å². The van der Waals surface area contributed by atoms with Gasteiger partial charge in [0.1, 0.15) is 0 Å². The van der Waals surface area contributed by atoms with Crippen molar-refractivity contribution in [3.8, 4) is 17.2 Å². The molecule has 0 aromatic heterocycles. The molecule has 2 aromatic rings. The number of hydrogen-bond acceptors (Lipinski definition) is 1. The maximum Gasteiger partial charge on any atom is 0.417 e. The van der Waals surface area contributed by atoms with E-state index >= 15 is 0 Å². The van der Waals surface area contributed by atoms with Crippen molar-refractivity contribution in [1.29, 1.82) is 5.26 Å². The first-order chi connectivity index (χ1) is 9.84. The third-order valence-electron chi connectivity index (χ3n) is 3.33. The fourth-order valence-corrected chi connectivity index (χ4v) is 2.25. The Morgan fingerprint density at radius 1 is 1.05 bits per heavy atom. The molecule has 0 atom stereocenters. The summed E-state index contributed by atoms with van der Waals surface area (Å²) in [4.78, 5) is 0. The third-order valence-corrected chi connectivity index (χ3v) is 3.33. The van der Waals surface area contributed by atoms with Crippen LogP contribution in [-0.4, -0.2) is 0 Å². The van der Waals surface area contributed by atoms with E-state index < -0.39 is 11.7 Å². The molecular weight excluding hydrogens is 275 g/mol. The molecule has 0 fully saturated rings. The summed E-state index contributed by atoms with van der Waals surface area (Å²) in [5, 5.41) is 9.13. The lowest BCUT2D eigenvalue weighted by atomic mass is 9.91. The van der Waals surface area contributed by atoms with Crippen molar-refractivity contribution in [2.45, 2.75) is 25.9 Å². The summed E-state index contributed by atoms with van der Waals surface area (Å²) in [6.07, 6.45) is -4.49. The maximum atomic E-state index is 13.2. The number of rotatable bonds is 2. The molecule has 0 saturated carbocycles. The molecular formula is C17H14F3N. The second-order valence-electron chi connectivity index (χ2n) is 5.12. The van der Waals surface area contributed by atoms with Crippen molar-refractivity contribution < 1.29 is 13.2 Å². The Labute approximate surface area is 121 Å². The minimum atomic E-state index is -4.49. The molecule has 2 aromatic carbocycles. The lowest BCUT2D eigenvalue weighted by molar-refractivity contribution is -0.137. The number of nitrogens with zero attached hydrogens (tertiary/aromatic N) is 1. The van der Waals surface area contributed by atoms with Gasteiger partial charge in [-0.15, -0.1) is 0 Å². The zero-order valence-corrected chi connectivity index (χ0v) is 11.7. The fraction of sp³-hybridized carbons (Fsp3) is 0.235. The van der Waals surface area contributed by atoms with Gasteiger partial charge in [-0.05, 0) is 29.2 Å². The number of nitriles is 1. The highest BCUT2D eigenvalue weighted by Crippen LogP contribution is 2.39. The van der Waals surface area contributed by atoms with Crippen molar-refractivity contribution in [2.24, 2.45) is 0 Å². The Balaban J connectivity index is 2.73. The van der Waals surface area contributed by atoms with Crippen LogP contribution in [0.25, 0.3) is 11.1 Å². The van der Waals surface area contributed by atoms with Gasteiger partial charge < -0.3 is 0 Å². The molecule has 4 heteroatoms. The van der Waals surface area contributed by atoms with Gasteiger partial charge in [0.2, 0.25) is 0 Å². The predicted molar refractivity (Wildman–Crippen MR) is 75.7 cm³/mol. The highest BCUT2D eigenvalue weighted by Gasteiger charge is 2.34. The van der Waals surface area contributed by atoms with Crippen LogP contribution in [0.5, 0.6) is 0 Å². The molecule has 0 aliphatic heterocycles. The molecule has 0 spiro atoms. The highest BCUT2D eigenvalue weighted by atomic mass is 19.4. The number of alkyl halides is 3. The summed E-state index contributed by atoms with van der Waals surface area (Å²) in [5.74, 6) is 0.202. The largest absolute Gasteiger partial charge is 0.417 e. The average Bonchev–Trinajstić information content (AvgIpc) is 2.45. The smallest absolute Gasteiger partial charge is 0.192 e. The van der Waals surface area contributed by atoms with E-state index in [0.29, 0.717) is 5.56 Å². The SMILES string of the molecule is CC(C)c1cccc(-c2c(C#N)cccc2C(F)(F)F)c1. The van der Waals surface area contributed by atoms with Crippen molar-refractivity contribution in [1.82, 2.24) is 0 Å². The highest BCUT2D eigenvalue weighted by molar-refractivity contribution is 5.75. The molecule has 0 unspecified atom stereocenters. The van der Waals surface area contributed by atoms with E-state index in [9.17, 15) is 13.2 Å². The standard InChI is InChI=1S/C17H14F3N/c1-11(2)12-5-3-6-13(9-12)16-14(10-21)7-4-8-15(16)17(18,19)20/h3-9,11H,1-2H3. The number of hydrogen-bond donors (Lipinski definition) is 0. The topological polar surface area (TPSA) is 23.8 Å². The average molecular weight is 289 g/mol. The van der Waals surface area contributed by atoms with Crippen LogP contribution in [0.3, 0.4) is 0 Å². The lowest BCUT2D eigenvalue weighted by Crippen LogP contribution is -2.08. The summed E-state index contributed by atoms with van der Waals surface area (Å²) in [6.45, 7) is 3.94. The molecule has 0 aliphatic rings. The van der Waals surface area contributed by atoms with Crippen molar-refractivity contribution in [3.63, 3.8) is 0 Å². The summed E-state index contributed by atoms with van der Waals surface area (Å²) in [5.41, 5.74) is 0.572. The number of benzene rings is 2.